The lowest BCUT2D eigenvalue weighted by molar-refractivity contribution is 0.292. The zero-order valence-corrected chi connectivity index (χ0v) is 17.5. The lowest BCUT2D eigenvalue weighted by Gasteiger charge is -2.25. The maximum atomic E-state index is 13.4. The van der Waals surface area contributed by atoms with E-state index in [1.165, 1.54) is 35.1 Å². The zero-order chi connectivity index (χ0) is 22.4. The van der Waals surface area contributed by atoms with E-state index in [2.05, 4.69) is 25.0 Å². The molecule has 32 heavy (non-hydrogen) atoms. The zero-order valence-electron chi connectivity index (χ0n) is 17.5. The smallest absolute Gasteiger partial charge is 0.263 e. The summed E-state index contributed by atoms with van der Waals surface area (Å²) in [5.41, 5.74) is 1.05. The Kier molecular flexibility index (Phi) is 4.93. The fraction of sp³-hybridized carbons (Fsp3) is 0.273. The number of hydrogen-bond acceptors (Lipinski definition) is 6. The van der Waals surface area contributed by atoms with Crippen LogP contribution in [0.25, 0.3) is 16.9 Å². The minimum Gasteiger partial charge on any atom is -0.340 e. The Bertz CT molecular complexity index is 1320. The first-order valence-corrected chi connectivity index (χ1v) is 10.2. The van der Waals surface area contributed by atoms with Crippen LogP contribution in [0.1, 0.15) is 11.5 Å². The molecular weight excluding hydrogens is 416 g/mol. The number of rotatable bonds is 4. The van der Waals surface area contributed by atoms with Crippen molar-refractivity contribution in [2.45, 2.75) is 12.0 Å². The van der Waals surface area contributed by atoms with E-state index in [4.69, 9.17) is 0 Å². The lowest BCUT2D eigenvalue weighted by atomic mass is 9.94. The highest BCUT2D eigenvalue weighted by atomic mass is 19.1. The minimum absolute atomic E-state index is 0.107. The maximum absolute atomic E-state index is 13.4. The van der Waals surface area contributed by atoms with Crippen LogP contribution in [0, 0.1) is 11.6 Å². The Labute approximate surface area is 182 Å². The molecule has 0 bridgehead atoms. The van der Waals surface area contributed by atoms with Crippen molar-refractivity contribution in [1.29, 1.82) is 0 Å². The van der Waals surface area contributed by atoms with Crippen molar-refractivity contribution in [3.8, 4) is 5.82 Å². The second kappa shape index (κ2) is 7.79. The number of aromatic amines is 1. The van der Waals surface area contributed by atoms with Gasteiger partial charge in [-0.05, 0) is 43.9 Å². The first kappa shape index (κ1) is 20.3. The molecule has 2 atom stereocenters. The molecule has 4 aromatic rings. The van der Waals surface area contributed by atoms with Crippen LogP contribution in [-0.2, 0) is 0 Å². The highest BCUT2D eigenvalue weighted by Gasteiger charge is 2.36. The highest BCUT2D eigenvalue weighted by molar-refractivity contribution is 5.76. The molecule has 1 N–H and O–H groups in total. The average molecular weight is 437 g/mol. The van der Waals surface area contributed by atoms with Crippen LogP contribution in [0.5, 0.6) is 0 Å². The van der Waals surface area contributed by atoms with Gasteiger partial charge in [0, 0.05) is 25.0 Å². The number of likely N-dealkylation sites (N-methyl/N-ethyl adjacent to an activating group) is 1. The van der Waals surface area contributed by atoms with Gasteiger partial charge in [0.2, 0.25) is 5.95 Å². The fourth-order valence-corrected chi connectivity index (χ4v) is 4.24. The van der Waals surface area contributed by atoms with Gasteiger partial charge in [-0.2, -0.15) is 14.8 Å². The Hall–Kier alpha value is -3.66. The van der Waals surface area contributed by atoms with Crippen molar-refractivity contribution in [1.82, 2.24) is 29.6 Å². The summed E-state index contributed by atoms with van der Waals surface area (Å²) in [5, 5.41) is 4.54. The number of nitrogens with one attached hydrogen (secondary N) is 1. The highest BCUT2D eigenvalue weighted by Crippen LogP contribution is 2.32. The second-order valence-corrected chi connectivity index (χ2v) is 8.11. The van der Waals surface area contributed by atoms with Crippen molar-refractivity contribution < 1.29 is 8.78 Å². The summed E-state index contributed by atoms with van der Waals surface area (Å²) < 4.78 is 28.1. The average Bonchev–Trinajstić information content (AvgIpc) is 3.40. The number of benzene rings is 1. The molecule has 1 aliphatic rings. The van der Waals surface area contributed by atoms with Crippen molar-refractivity contribution in [2.75, 3.05) is 32.1 Å². The summed E-state index contributed by atoms with van der Waals surface area (Å²) in [6, 6.07) is 9.43. The SMILES string of the molecule is CN(C)[C@H]1CN(c2nc3c(cnn3-c3ccc(F)cn3)c(=O)[nH]2)C[C@H]1c1ccc(F)cc1. The molecule has 0 aliphatic carbocycles. The van der Waals surface area contributed by atoms with Crippen LogP contribution in [0.2, 0.25) is 0 Å². The molecule has 1 fully saturated rings. The Balaban J connectivity index is 1.54. The Morgan fingerprint density at radius 1 is 1.03 bits per heavy atom. The maximum Gasteiger partial charge on any atom is 0.263 e. The van der Waals surface area contributed by atoms with Gasteiger partial charge in [-0.1, -0.05) is 12.1 Å². The lowest BCUT2D eigenvalue weighted by Crippen LogP contribution is -2.35. The van der Waals surface area contributed by atoms with Crippen LogP contribution in [-0.4, -0.2) is 62.9 Å². The molecule has 0 spiro atoms. The number of hydrogen-bond donors (Lipinski definition) is 1. The monoisotopic (exact) mass is 437 g/mol. The van der Waals surface area contributed by atoms with Crippen LogP contribution in [0.3, 0.4) is 0 Å². The van der Waals surface area contributed by atoms with Crippen molar-refractivity contribution in [3.63, 3.8) is 0 Å². The topological polar surface area (TPSA) is 82.9 Å². The van der Waals surface area contributed by atoms with Crippen LogP contribution < -0.4 is 10.5 Å². The van der Waals surface area contributed by atoms with Crippen LogP contribution in [0.15, 0.2) is 53.6 Å². The normalized spacial score (nSPS) is 18.7. The van der Waals surface area contributed by atoms with E-state index in [0.29, 0.717) is 35.9 Å². The molecule has 0 unspecified atom stereocenters. The molecule has 4 heterocycles. The quantitative estimate of drug-likeness (QED) is 0.528. The van der Waals surface area contributed by atoms with Gasteiger partial charge in [0.15, 0.2) is 11.5 Å². The van der Waals surface area contributed by atoms with E-state index >= 15 is 0 Å². The number of pyridine rings is 1. The summed E-state index contributed by atoms with van der Waals surface area (Å²) in [6.45, 7) is 1.23. The summed E-state index contributed by atoms with van der Waals surface area (Å²) in [7, 11) is 4.00. The van der Waals surface area contributed by atoms with Gasteiger partial charge in [0.1, 0.15) is 17.0 Å². The van der Waals surface area contributed by atoms with Gasteiger partial charge in [-0.25, -0.2) is 13.8 Å². The summed E-state index contributed by atoms with van der Waals surface area (Å²) in [5.74, 6) is 0.153. The van der Waals surface area contributed by atoms with E-state index < -0.39 is 5.82 Å². The van der Waals surface area contributed by atoms with Crippen LogP contribution >= 0.6 is 0 Å². The largest absolute Gasteiger partial charge is 0.340 e. The summed E-state index contributed by atoms with van der Waals surface area (Å²) >= 11 is 0. The van der Waals surface area contributed by atoms with Gasteiger partial charge in [-0.15, -0.1) is 0 Å². The van der Waals surface area contributed by atoms with Crippen LogP contribution in [0.4, 0.5) is 14.7 Å². The number of aromatic nitrogens is 5. The number of nitrogens with zero attached hydrogens (tertiary/aromatic N) is 6. The molecule has 5 rings (SSSR count). The van der Waals surface area contributed by atoms with Gasteiger partial charge < -0.3 is 9.80 Å². The Morgan fingerprint density at radius 3 is 2.47 bits per heavy atom. The third kappa shape index (κ3) is 3.52. The number of H-pyrrole nitrogens is 1. The third-order valence-electron chi connectivity index (χ3n) is 5.90. The van der Waals surface area contributed by atoms with Gasteiger partial charge >= 0.3 is 0 Å². The first-order chi connectivity index (χ1) is 15.4. The minimum atomic E-state index is -0.463. The molecule has 3 aromatic heterocycles. The molecule has 1 aliphatic heterocycles. The van der Waals surface area contributed by atoms with E-state index in [-0.39, 0.29) is 23.3 Å². The molecule has 0 amide bonds. The molecule has 1 aromatic carbocycles. The summed E-state index contributed by atoms with van der Waals surface area (Å²) in [6.07, 6.45) is 2.51. The number of halogens is 2. The van der Waals surface area contributed by atoms with Gasteiger partial charge in [0.25, 0.3) is 5.56 Å². The molecule has 10 heteroatoms. The molecule has 1 saturated heterocycles. The van der Waals surface area contributed by atoms with E-state index in [0.717, 1.165) is 11.8 Å². The van der Waals surface area contributed by atoms with Gasteiger partial charge in [0.05, 0.1) is 12.4 Å². The van der Waals surface area contributed by atoms with E-state index in [1.54, 1.807) is 12.1 Å². The second-order valence-electron chi connectivity index (χ2n) is 8.11. The van der Waals surface area contributed by atoms with Crippen molar-refractivity contribution in [2.24, 2.45) is 0 Å². The van der Waals surface area contributed by atoms with E-state index in [9.17, 15) is 13.6 Å². The number of anilines is 1. The molecule has 8 nitrogen and oxygen atoms in total. The van der Waals surface area contributed by atoms with Gasteiger partial charge in [-0.3, -0.25) is 9.78 Å². The molecule has 0 radical (unpaired) electrons. The predicted octanol–water partition coefficient (Wildman–Crippen LogP) is 2.32. The molecular formula is C22H21F2N7O. The molecule has 164 valence electrons. The third-order valence-corrected chi connectivity index (χ3v) is 5.90. The van der Waals surface area contributed by atoms with E-state index in [1.807, 2.05) is 19.0 Å². The first-order valence-electron chi connectivity index (χ1n) is 10.2. The van der Waals surface area contributed by atoms with Crippen molar-refractivity contribution in [3.05, 3.63) is 76.3 Å². The Morgan fingerprint density at radius 2 is 1.78 bits per heavy atom. The predicted molar refractivity (Wildman–Crippen MR) is 116 cm³/mol. The molecule has 0 saturated carbocycles. The standard InChI is InChI=1S/C22H21F2N7O/c1-29(2)18-12-30(11-17(18)13-3-5-14(23)6-4-13)22-27-20-16(21(32)28-22)10-26-31(20)19-8-7-15(24)9-25-19/h3-10,17-18H,11-12H2,1-2H3,(H,27,28,32)/t17-,18-/m0/s1. The summed E-state index contributed by atoms with van der Waals surface area (Å²) in [4.78, 5) is 28.5. The fourth-order valence-electron chi connectivity index (χ4n) is 4.24. The van der Waals surface area contributed by atoms with Crippen molar-refractivity contribution >= 4 is 17.0 Å². The number of fused-ring (bicyclic) bond motifs is 1.